The number of nitrogens with zero attached hydrogens (tertiary/aromatic N) is 2. The minimum atomic E-state index is -0.273. The average Bonchev–Trinajstić information content (AvgIpc) is 3.31. The SMILES string of the molecule is C=CCc1ccccc1OCCCn1c(CNC(=O)c2cc(OC)c(OC)c(OC)c2)nc2ccccc21. The van der Waals surface area contributed by atoms with Crippen molar-refractivity contribution >= 4 is 16.9 Å². The summed E-state index contributed by atoms with van der Waals surface area (Å²) >= 11 is 0. The fourth-order valence-corrected chi connectivity index (χ4v) is 4.36. The van der Waals surface area contributed by atoms with E-state index in [1.54, 1.807) is 12.1 Å². The second-order valence-electron chi connectivity index (χ2n) is 8.57. The van der Waals surface area contributed by atoms with Crippen molar-refractivity contribution in [3.8, 4) is 23.0 Å². The number of carbonyl (C=O) groups is 1. The number of rotatable bonds is 13. The van der Waals surface area contributed by atoms with Crippen molar-refractivity contribution < 1.29 is 23.7 Å². The third-order valence-electron chi connectivity index (χ3n) is 6.19. The average molecular weight is 516 g/mol. The highest BCUT2D eigenvalue weighted by Gasteiger charge is 2.18. The van der Waals surface area contributed by atoms with Crippen LogP contribution in [0.3, 0.4) is 0 Å². The van der Waals surface area contributed by atoms with Crippen LogP contribution >= 0.6 is 0 Å². The Kier molecular flexibility index (Phi) is 8.87. The summed E-state index contributed by atoms with van der Waals surface area (Å²) in [7, 11) is 4.56. The first-order valence-electron chi connectivity index (χ1n) is 12.4. The minimum Gasteiger partial charge on any atom is -0.493 e. The zero-order valence-electron chi connectivity index (χ0n) is 22.0. The summed E-state index contributed by atoms with van der Waals surface area (Å²) in [6, 6.07) is 19.2. The zero-order chi connectivity index (χ0) is 26.9. The van der Waals surface area contributed by atoms with Gasteiger partial charge in [0.05, 0.1) is 45.5 Å². The first-order chi connectivity index (χ1) is 18.6. The summed E-state index contributed by atoms with van der Waals surface area (Å²) in [4.78, 5) is 17.8. The van der Waals surface area contributed by atoms with Gasteiger partial charge in [-0.1, -0.05) is 36.4 Å². The molecule has 1 N–H and O–H groups in total. The number of hydrogen-bond acceptors (Lipinski definition) is 6. The molecule has 0 saturated heterocycles. The molecule has 0 bridgehead atoms. The molecule has 198 valence electrons. The zero-order valence-corrected chi connectivity index (χ0v) is 22.0. The maximum absolute atomic E-state index is 13.1. The molecule has 1 heterocycles. The second kappa shape index (κ2) is 12.7. The number of aryl methyl sites for hydroxylation is 1. The highest BCUT2D eigenvalue weighted by Crippen LogP contribution is 2.38. The molecule has 0 radical (unpaired) electrons. The van der Waals surface area contributed by atoms with Crippen LogP contribution in [0.1, 0.15) is 28.2 Å². The number of aromatic nitrogens is 2. The van der Waals surface area contributed by atoms with Gasteiger partial charge in [0.15, 0.2) is 11.5 Å². The molecule has 0 fully saturated rings. The van der Waals surface area contributed by atoms with Gasteiger partial charge in [0.25, 0.3) is 5.91 Å². The molecule has 4 rings (SSSR count). The summed E-state index contributed by atoms with van der Waals surface area (Å²) in [6.45, 7) is 5.33. The van der Waals surface area contributed by atoms with Crippen LogP contribution in [0.15, 0.2) is 73.3 Å². The van der Waals surface area contributed by atoms with Crippen molar-refractivity contribution in [2.45, 2.75) is 25.9 Å². The molecule has 0 saturated carbocycles. The number of fused-ring (bicyclic) bond motifs is 1. The fourth-order valence-electron chi connectivity index (χ4n) is 4.36. The molecule has 0 spiro atoms. The number of benzene rings is 3. The van der Waals surface area contributed by atoms with E-state index in [4.69, 9.17) is 23.9 Å². The lowest BCUT2D eigenvalue weighted by Crippen LogP contribution is -2.25. The van der Waals surface area contributed by atoms with Gasteiger partial charge in [0.2, 0.25) is 5.75 Å². The third-order valence-corrected chi connectivity index (χ3v) is 6.19. The molecule has 1 amide bonds. The number of amides is 1. The number of allylic oxidation sites excluding steroid dienone is 1. The molecular formula is C30H33N3O5. The molecule has 0 unspecified atom stereocenters. The standard InChI is InChI=1S/C30H33N3O5/c1-5-11-21-12-6-9-15-25(21)38-17-10-16-33-24-14-8-7-13-23(24)32-28(33)20-31-30(34)22-18-26(35-2)29(37-4)27(19-22)36-3/h5-9,12-15,18-19H,1,10-11,16-17,20H2,2-4H3,(H,31,34). The molecule has 0 atom stereocenters. The number of carbonyl (C=O) groups excluding carboxylic acids is 1. The predicted molar refractivity (Wildman–Crippen MR) is 147 cm³/mol. The summed E-state index contributed by atoms with van der Waals surface area (Å²) in [5, 5.41) is 2.98. The van der Waals surface area contributed by atoms with Gasteiger partial charge in [-0.15, -0.1) is 6.58 Å². The Balaban J connectivity index is 1.47. The third kappa shape index (κ3) is 5.91. The molecule has 3 aromatic carbocycles. The maximum Gasteiger partial charge on any atom is 0.251 e. The lowest BCUT2D eigenvalue weighted by molar-refractivity contribution is 0.0948. The van der Waals surface area contributed by atoms with Gasteiger partial charge in [0.1, 0.15) is 11.6 Å². The van der Waals surface area contributed by atoms with Gasteiger partial charge < -0.3 is 28.8 Å². The second-order valence-corrected chi connectivity index (χ2v) is 8.57. The summed E-state index contributed by atoms with van der Waals surface area (Å²) in [6.07, 6.45) is 3.41. The molecule has 1 aromatic heterocycles. The molecule has 8 heteroatoms. The highest BCUT2D eigenvalue weighted by molar-refractivity contribution is 5.95. The molecule has 0 aliphatic rings. The van der Waals surface area contributed by atoms with Crippen LogP contribution in [0, 0.1) is 0 Å². The van der Waals surface area contributed by atoms with Gasteiger partial charge in [-0.25, -0.2) is 4.98 Å². The number of imidazole rings is 1. The first-order valence-corrected chi connectivity index (χ1v) is 12.4. The van der Waals surface area contributed by atoms with Gasteiger partial charge >= 0.3 is 0 Å². The van der Waals surface area contributed by atoms with Crippen LogP contribution < -0.4 is 24.3 Å². The Labute approximate surface area is 222 Å². The van der Waals surface area contributed by atoms with Crippen molar-refractivity contribution in [2.75, 3.05) is 27.9 Å². The van der Waals surface area contributed by atoms with Gasteiger partial charge in [-0.3, -0.25) is 4.79 Å². The number of hydrogen-bond donors (Lipinski definition) is 1. The maximum atomic E-state index is 13.1. The van der Waals surface area contributed by atoms with Crippen LogP contribution in [-0.2, 0) is 19.5 Å². The highest BCUT2D eigenvalue weighted by atomic mass is 16.5. The van der Waals surface area contributed by atoms with Crippen LogP contribution in [0.5, 0.6) is 23.0 Å². The molecule has 38 heavy (non-hydrogen) atoms. The Morgan fingerprint density at radius 1 is 0.974 bits per heavy atom. The normalized spacial score (nSPS) is 10.7. The lowest BCUT2D eigenvalue weighted by Gasteiger charge is -2.15. The summed E-state index contributed by atoms with van der Waals surface area (Å²) in [5.41, 5.74) is 3.40. The molecule has 4 aromatic rings. The van der Waals surface area contributed by atoms with Gasteiger partial charge in [0, 0.05) is 12.1 Å². The van der Waals surface area contributed by atoms with Crippen molar-refractivity contribution in [3.05, 3.63) is 90.3 Å². The quantitative estimate of drug-likeness (QED) is 0.195. The molecule has 0 aliphatic carbocycles. The summed E-state index contributed by atoms with van der Waals surface area (Å²) < 4.78 is 24.3. The largest absolute Gasteiger partial charge is 0.493 e. The number of ether oxygens (including phenoxy) is 4. The minimum absolute atomic E-state index is 0.257. The first kappa shape index (κ1) is 26.6. The van der Waals surface area contributed by atoms with E-state index in [9.17, 15) is 4.79 Å². The number of para-hydroxylation sites is 3. The van der Waals surface area contributed by atoms with Gasteiger partial charge in [-0.2, -0.15) is 0 Å². The number of nitrogens with one attached hydrogen (secondary N) is 1. The summed E-state index contributed by atoms with van der Waals surface area (Å²) in [5.74, 6) is 2.63. The van der Waals surface area contributed by atoms with E-state index in [-0.39, 0.29) is 12.5 Å². The smallest absolute Gasteiger partial charge is 0.251 e. The Morgan fingerprint density at radius 2 is 1.68 bits per heavy atom. The Morgan fingerprint density at radius 3 is 2.39 bits per heavy atom. The Bertz CT molecular complexity index is 1390. The van der Waals surface area contributed by atoms with E-state index in [2.05, 4.69) is 22.5 Å². The van der Waals surface area contributed by atoms with E-state index in [1.807, 2.05) is 48.5 Å². The van der Waals surface area contributed by atoms with Crippen LogP contribution in [0.4, 0.5) is 0 Å². The van der Waals surface area contributed by atoms with E-state index in [0.29, 0.717) is 36.0 Å². The van der Waals surface area contributed by atoms with Crippen LogP contribution in [-0.4, -0.2) is 43.4 Å². The predicted octanol–water partition coefficient (Wildman–Crippen LogP) is 5.19. The van der Waals surface area contributed by atoms with Crippen LogP contribution in [0.2, 0.25) is 0 Å². The van der Waals surface area contributed by atoms with Gasteiger partial charge in [-0.05, 0) is 48.7 Å². The topological polar surface area (TPSA) is 83.8 Å². The fraction of sp³-hybridized carbons (Fsp3) is 0.267. The van der Waals surface area contributed by atoms with Crippen molar-refractivity contribution in [1.82, 2.24) is 14.9 Å². The number of methoxy groups -OCH3 is 3. The molecule has 0 aliphatic heterocycles. The van der Waals surface area contributed by atoms with Crippen molar-refractivity contribution in [3.63, 3.8) is 0 Å². The lowest BCUT2D eigenvalue weighted by atomic mass is 10.1. The van der Waals surface area contributed by atoms with E-state index >= 15 is 0 Å². The van der Waals surface area contributed by atoms with E-state index in [1.165, 1.54) is 21.3 Å². The van der Waals surface area contributed by atoms with E-state index in [0.717, 1.165) is 41.0 Å². The Hall–Kier alpha value is -4.46. The van der Waals surface area contributed by atoms with Crippen molar-refractivity contribution in [2.24, 2.45) is 0 Å². The monoisotopic (exact) mass is 515 g/mol. The van der Waals surface area contributed by atoms with Crippen molar-refractivity contribution in [1.29, 1.82) is 0 Å². The molecular weight excluding hydrogens is 482 g/mol. The molecule has 8 nitrogen and oxygen atoms in total. The van der Waals surface area contributed by atoms with E-state index < -0.39 is 0 Å². The van der Waals surface area contributed by atoms with Crippen LogP contribution in [0.25, 0.3) is 11.0 Å².